The molecule has 4 aromatic carbocycles. The molecule has 2 amide bonds. The number of nitrogens with one attached hydrogen (secondary N) is 2. The van der Waals surface area contributed by atoms with E-state index in [1.807, 2.05) is 42.5 Å². The van der Waals surface area contributed by atoms with E-state index >= 15 is 0 Å². The van der Waals surface area contributed by atoms with Crippen LogP contribution in [0.25, 0.3) is 0 Å². The molecule has 1 heterocycles. The quantitative estimate of drug-likeness (QED) is 0.183. The molecule has 5 rings (SSSR count). The first-order valence-electron chi connectivity index (χ1n) is 15.6. The Labute approximate surface area is 279 Å². The Kier molecular flexibility index (Phi) is 11.6. The maximum Gasteiger partial charge on any atom is 0.261 e. The summed E-state index contributed by atoms with van der Waals surface area (Å²) in [5.74, 6) is -0.306. The highest BCUT2D eigenvalue weighted by Crippen LogP contribution is 2.22. The highest BCUT2D eigenvalue weighted by molar-refractivity contribution is 7.92. The molecule has 0 radical (unpaired) electrons. The lowest BCUT2D eigenvalue weighted by Crippen LogP contribution is -2.52. The molecule has 0 spiro atoms. The van der Waals surface area contributed by atoms with Gasteiger partial charge in [0, 0.05) is 31.8 Å². The van der Waals surface area contributed by atoms with Crippen molar-refractivity contribution in [2.45, 2.75) is 42.8 Å². The Morgan fingerprint density at radius 1 is 0.917 bits per heavy atom. The van der Waals surface area contributed by atoms with Gasteiger partial charge >= 0.3 is 0 Å². The summed E-state index contributed by atoms with van der Waals surface area (Å²) in [6.45, 7) is 0.727. The molecule has 2 atom stereocenters. The molecule has 4 aromatic rings. The van der Waals surface area contributed by atoms with Gasteiger partial charge in [0.1, 0.15) is 23.4 Å². The lowest BCUT2D eigenvalue weighted by Gasteiger charge is -2.32. The van der Waals surface area contributed by atoms with Gasteiger partial charge in [0.05, 0.1) is 18.1 Å². The van der Waals surface area contributed by atoms with Crippen LogP contribution in [0.3, 0.4) is 0 Å². The molecule has 2 N–H and O–H groups in total. The molecule has 0 saturated carbocycles. The Balaban J connectivity index is 1.33. The SMILES string of the molecule is COc1ccc(CN(C(=O)COc2ccc(S(=O)(=O)Nc3ccc(F)cc3)cc2)[C@@H](Cc2ccccc2)C(=O)NC[C@H]2CCCO2)cc1. The van der Waals surface area contributed by atoms with Gasteiger partial charge in [0.2, 0.25) is 5.91 Å². The second kappa shape index (κ2) is 16.2. The van der Waals surface area contributed by atoms with Crippen molar-refractivity contribution in [1.29, 1.82) is 0 Å². The monoisotopic (exact) mass is 675 g/mol. The number of ether oxygens (including phenoxy) is 3. The summed E-state index contributed by atoms with van der Waals surface area (Å²) in [7, 11) is -2.39. The molecule has 10 nitrogen and oxygen atoms in total. The van der Waals surface area contributed by atoms with Crippen LogP contribution in [0.1, 0.15) is 24.0 Å². The van der Waals surface area contributed by atoms with Crippen molar-refractivity contribution in [2.24, 2.45) is 0 Å². The number of benzene rings is 4. The fourth-order valence-corrected chi connectivity index (χ4v) is 6.35. The predicted octanol–water partition coefficient (Wildman–Crippen LogP) is 4.95. The minimum absolute atomic E-state index is 0.0440. The molecule has 1 saturated heterocycles. The zero-order chi connectivity index (χ0) is 33.9. The van der Waals surface area contributed by atoms with Crippen LogP contribution in [-0.4, -0.2) is 64.1 Å². The van der Waals surface area contributed by atoms with E-state index < -0.39 is 34.4 Å². The topological polar surface area (TPSA) is 123 Å². The van der Waals surface area contributed by atoms with E-state index in [4.69, 9.17) is 14.2 Å². The number of rotatable bonds is 15. The van der Waals surface area contributed by atoms with E-state index in [9.17, 15) is 22.4 Å². The van der Waals surface area contributed by atoms with Gasteiger partial charge in [-0.1, -0.05) is 42.5 Å². The number of methoxy groups -OCH3 is 1. The average Bonchev–Trinajstić information content (AvgIpc) is 3.63. The molecule has 1 aliphatic rings. The van der Waals surface area contributed by atoms with Crippen molar-refractivity contribution >= 4 is 27.5 Å². The fraction of sp³-hybridized carbons (Fsp3) is 0.278. The Morgan fingerprint density at radius 3 is 2.25 bits per heavy atom. The van der Waals surface area contributed by atoms with E-state index in [-0.39, 0.29) is 41.3 Å². The van der Waals surface area contributed by atoms with E-state index in [2.05, 4.69) is 10.0 Å². The first kappa shape index (κ1) is 34.4. The molecule has 0 bridgehead atoms. The summed E-state index contributed by atoms with van der Waals surface area (Å²) in [6, 6.07) is 26.4. The molecular weight excluding hydrogens is 637 g/mol. The molecule has 252 valence electrons. The normalized spacial score (nSPS) is 14.9. The molecule has 0 aromatic heterocycles. The van der Waals surface area contributed by atoms with Crippen molar-refractivity contribution in [1.82, 2.24) is 10.2 Å². The van der Waals surface area contributed by atoms with Gasteiger partial charge in [0.15, 0.2) is 6.61 Å². The maximum atomic E-state index is 13.9. The molecule has 0 unspecified atom stereocenters. The van der Waals surface area contributed by atoms with Gasteiger partial charge in [-0.15, -0.1) is 0 Å². The van der Waals surface area contributed by atoms with Crippen molar-refractivity contribution < 1.29 is 36.6 Å². The molecular formula is C36H38FN3O7S. The summed E-state index contributed by atoms with van der Waals surface area (Å²) in [5, 5.41) is 3.00. The molecule has 1 fully saturated rings. The number of carbonyl (C=O) groups is 2. The lowest BCUT2D eigenvalue weighted by molar-refractivity contribution is -0.143. The standard InChI is InChI=1S/C36H38FN3O7S/c1-45-30-15-9-27(10-16-30)24-40(34(22-26-6-3-2-4-7-26)36(42)38-23-32-8-5-21-46-32)35(41)25-47-31-17-19-33(20-18-31)48(43,44)39-29-13-11-28(37)12-14-29/h2-4,6-7,9-20,32,34,39H,5,8,21-25H2,1H3,(H,38,42)/t32-,34+/m1/s1. The van der Waals surface area contributed by atoms with E-state index in [1.165, 1.54) is 41.3 Å². The smallest absolute Gasteiger partial charge is 0.261 e. The number of hydrogen-bond donors (Lipinski definition) is 2. The minimum atomic E-state index is -3.96. The second-order valence-corrected chi connectivity index (χ2v) is 13.0. The summed E-state index contributed by atoms with van der Waals surface area (Å²) in [5.41, 5.74) is 1.88. The highest BCUT2D eigenvalue weighted by Gasteiger charge is 2.31. The van der Waals surface area contributed by atoms with Gasteiger partial charge in [-0.25, -0.2) is 12.8 Å². The van der Waals surface area contributed by atoms with Crippen LogP contribution in [-0.2, 0) is 37.3 Å². The van der Waals surface area contributed by atoms with Gasteiger partial charge in [-0.05, 0) is 84.6 Å². The van der Waals surface area contributed by atoms with Crippen LogP contribution in [0.4, 0.5) is 10.1 Å². The van der Waals surface area contributed by atoms with Crippen LogP contribution in [0.5, 0.6) is 11.5 Å². The number of amides is 2. The van der Waals surface area contributed by atoms with Crippen LogP contribution in [0.2, 0.25) is 0 Å². The third-order valence-electron chi connectivity index (χ3n) is 7.90. The van der Waals surface area contributed by atoms with Gasteiger partial charge in [-0.3, -0.25) is 14.3 Å². The van der Waals surface area contributed by atoms with E-state index in [0.717, 1.165) is 36.1 Å². The van der Waals surface area contributed by atoms with E-state index in [0.29, 0.717) is 18.9 Å². The number of sulfonamides is 1. The number of nitrogens with zero attached hydrogens (tertiary/aromatic N) is 1. The van der Waals surface area contributed by atoms with Crippen LogP contribution in [0.15, 0.2) is 108 Å². The first-order chi connectivity index (χ1) is 23.2. The first-order valence-corrected chi connectivity index (χ1v) is 17.1. The largest absolute Gasteiger partial charge is 0.497 e. The van der Waals surface area contributed by atoms with Gasteiger partial charge in [0.25, 0.3) is 15.9 Å². The molecule has 48 heavy (non-hydrogen) atoms. The summed E-state index contributed by atoms with van der Waals surface area (Å²) in [6.07, 6.45) is 1.99. The number of hydrogen-bond acceptors (Lipinski definition) is 7. The predicted molar refractivity (Wildman–Crippen MR) is 179 cm³/mol. The highest BCUT2D eigenvalue weighted by atomic mass is 32.2. The Bertz CT molecular complexity index is 1750. The summed E-state index contributed by atoms with van der Waals surface area (Å²) >= 11 is 0. The zero-order valence-corrected chi connectivity index (χ0v) is 27.3. The van der Waals surface area contributed by atoms with Gasteiger partial charge in [-0.2, -0.15) is 0 Å². The molecule has 1 aliphatic heterocycles. The van der Waals surface area contributed by atoms with Crippen molar-refractivity contribution in [2.75, 3.05) is 31.6 Å². The fourth-order valence-electron chi connectivity index (χ4n) is 5.29. The van der Waals surface area contributed by atoms with Crippen molar-refractivity contribution in [3.63, 3.8) is 0 Å². The molecule has 12 heteroatoms. The second-order valence-electron chi connectivity index (χ2n) is 11.3. The van der Waals surface area contributed by atoms with Crippen molar-refractivity contribution in [3.8, 4) is 11.5 Å². The minimum Gasteiger partial charge on any atom is -0.497 e. The Morgan fingerprint density at radius 2 is 1.60 bits per heavy atom. The summed E-state index contributed by atoms with van der Waals surface area (Å²) < 4.78 is 58.1. The summed E-state index contributed by atoms with van der Waals surface area (Å²) in [4.78, 5) is 29.2. The number of anilines is 1. The van der Waals surface area contributed by atoms with Crippen LogP contribution < -0.4 is 19.5 Å². The van der Waals surface area contributed by atoms with E-state index in [1.54, 1.807) is 19.2 Å². The molecule has 0 aliphatic carbocycles. The maximum absolute atomic E-state index is 13.9. The Hall–Kier alpha value is -4.94. The zero-order valence-electron chi connectivity index (χ0n) is 26.5. The number of carbonyl (C=O) groups excluding carboxylic acids is 2. The van der Waals surface area contributed by atoms with Crippen LogP contribution >= 0.6 is 0 Å². The third-order valence-corrected chi connectivity index (χ3v) is 9.30. The average molecular weight is 676 g/mol. The third kappa shape index (κ3) is 9.55. The van der Waals surface area contributed by atoms with Gasteiger partial charge < -0.3 is 24.4 Å². The van der Waals surface area contributed by atoms with Crippen LogP contribution in [0, 0.1) is 5.82 Å². The number of halogens is 1. The lowest BCUT2D eigenvalue weighted by atomic mass is 10.0. The van der Waals surface area contributed by atoms with Crippen molar-refractivity contribution in [3.05, 3.63) is 120 Å².